The summed E-state index contributed by atoms with van der Waals surface area (Å²) < 4.78 is 0. The van der Waals surface area contributed by atoms with Crippen molar-refractivity contribution in [3.63, 3.8) is 0 Å². The molecule has 0 aliphatic carbocycles. The first kappa shape index (κ1) is 14.0. The predicted octanol–water partition coefficient (Wildman–Crippen LogP) is 2.74. The Morgan fingerprint density at radius 3 is 2.56 bits per heavy atom. The number of rotatable bonds is 1. The molecular formula is C14H30N2. The number of fused-ring (bicyclic) bond motifs is 1. The first-order valence-electron chi connectivity index (χ1n) is 7.09. The Bertz CT molecular complexity index is 201. The highest BCUT2D eigenvalue weighted by Crippen LogP contribution is 2.36. The molecule has 16 heavy (non-hydrogen) atoms. The van der Waals surface area contributed by atoms with Crippen LogP contribution in [0.15, 0.2) is 0 Å². The molecule has 2 saturated heterocycles. The van der Waals surface area contributed by atoms with E-state index in [9.17, 15) is 0 Å². The van der Waals surface area contributed by atoms with Crippen molar-refractivity contribution in [2.45, 2.75) is 53.5 Å². The van der Waals surface area contributed by atoms with Gasteiger partial charge in [0.05, 0.1) is 0 Å². The lowest BCUT2D eigenvalue weighted by atomic mass is 9.78. The number of hydrogen-bond donors (Lipinski definition) is 1. The van der Waals surface area contributed by atoms with Gasteiger partial charge in [0, 0.05) is 12.6 Å². The third-order valence-corrected chi connectivity index (χ3v) is 4.09. The van der Waals surface area contributed by atoms with Gasteiger partial charge in [-0.1, -0.05) is 34.6 Å². The Morgan fingerprint density at radius 1 is 1.25 bits per heavy atom. The summed E-state index contributed by atoms with van der Waals surface area (Å²) in [6.07, 6.45) is 2.79. The third-order valence-electron chi connectivity index (χ3n) is 4.09. The maximum Gasteiger partial charge on any atom is 0.0160 e. The van der Waals surface area contributed by atoms with Gasteiger partial charge in [-0.3, -0.25) is 0 Å². The van der Waals surface area contributed by atoms with E-state index >= 15 is 0 Å². The molecule has 0 aromatic rings. The highest BCUT2D eigenvalue weighted by atomic mass is 15.1. The summed E-state index contributed by atoms with van der Waals surface area (Å²) in [6, 6.07) is 0.763. The van der Waals surface area contributed by atoms with Gasteiger partial charge in [-0.25, -0.2) is 0 Å². The molecule has 2 aliphatic heterocycles. The Kier molecular flexibility index (Phi) is 5.26. The molecule has 2 rings (SSSR count). The number of nitrogens with zero attached hydrogens (tertiary/aromatic N) is 1. The summed E-state index contributed by atoms with van der Waals surface area (Å²) in [5.74, 6) is 0.932. The molecule has 2 unspecified atom stereocenters. The van der Waals surface area contributed by atoms with Crippen molar-refractivity contribution in [2.75, 3.05) is 26.2 Å². The monoisotopic (exact) mass is 226 g/mol. The molecule has 2 nitrogen and oxygen atoms in total. The Balaban J connectivity index is 0.000000606. The summed E-state index contributed by atoms with van der Waals surface area (Å²) in [5.41, 5.74) is 0.452. The van der Waals surface area contributed by atoms with E-state index in [0.717, 1.165) is 12.0 Å². The first-order valence-corrected chi connectivity index (χ1v) is 7.09. The van der Waals surface area contributed by atoms with Gasteiger partial charge >= 0.3 is 0 Å². The minimum absolute atomic E-state index is 0.452. The van der Waals surface area contributed by atoms with Crippen molar-refractivity contribution < 1.29 is 0 Å². The van der Waals surface area contributed by atoms with Crippen molar-refractivity contribution >= 4 is 0 Å². The summed E-state index contributed by atoms with van der Waals surface area (Å²) >= 11 is 0. The summed E-state index contributed by atoms with van der Waals surface area (Å²) in [5, 5.41) is 3.71. The molecule has 0 saturated carbocycles. The number of nitrogens with one attached hydrogen (secondary N) is 1. The third kappa shape index (κ3) is 2.98. The topological polar surface area (TPSA) is 15.3 Å². The van der Waals surface area contributed by atoms with Crippen LogP contribution in [0.3, 0.4) is 0 Å². The van der Waals surface area contributed by atoms with Crippen LogP contribution < -0.4 is 5.32 Å². The minimum Gasteiger partial charge on any atom is -0.313 e. The SMILES string of the molecule is CC.CCN1CCC2CCNC2C(C)(C)C1. The van der Waals surface area contributed by atoms with E-state index in [1.54, 1.807) is 0 Å². The molecule has 0 amide bonds. The Hall–Kier alpha value is -0.0800. The van der Waals surface area contributed by atoms with Crippen LogP contribution in [0.25, 0.3) is 0 Å². The standard InChI is InChI=1S/C12H24N2.C2H6/c1-4-14-8-6-10-5-7-13-11(10)12(2,3)9-14;1-2/h10-11,13H,4-9H2,1-3H3;1-2H3. The molecule has 0 spiro atoms. The van der Waals surface area contributed by atoms with Gasteiger partial charge in [0.25, 0.3) is 0 Å². The second-order valence-corrected chi connectivity index (χ2v) is 5.63. The Labute approximate surface area is 102 Å². The van der Waals surface area contributed by atoms with Gasteiger partial charge in [0.1, 0.15) is 0 Å². The van der Waals surface area contributed by atoms with E-state index in [-0.39, 0.29) is 0 Å². The second kappa shape index (κ2) is 6.02. The molecule has 1 N–H and O–H groups in total. The zero-order valence-corrected chi connectivity index (χ0v) is 11.8. The highest BCUT2D eigenvalue weighted by Gasteiger charge is 2.41. The van der Waals surface area contributed by atoms with Crippen LogP contribution in [-0.2, 0) is 0 Å². The number of likely N-dealkylation sites (tertiary alicyclic amines) is 1. The number of hydrogen-bond acceptors (Lipinski definition) is 2. The van der Waals surface area contributed by atoms with Crippen molar-refractivity contribution in [3.8, 4) is 0 Å². The predicted molar refractivity (Wildman–Crippen MR) is 71.8 cm³/mol. The van der Waals surface area contributed by atoms with Crippen LogP contribution in [0.1, 0.15) is 47.5 Å². The van der Waals surface area contributed by atoms with E-state index in [2.05, 4.69) is 31.0 Å². The molecule has 0 aromatic heterocycles. The van der Waals surface area contributed by atoms with Gasteiger partial charge in [-0.15, -0.1) is 0 Å². The van der Waals surface area contributed by atoms with Crippen LogP contribution in [0, 0.1) is 11.3 Å². The Morgan fingerprint density at radius 2 is 1.94 bits per heavy atom. The fourth-order valence-electron chi connectivity index (χ4n) is 3.35. The van der Waals surface area contributed by atoms with E-state index in [0.29, 0.717) is 5.41 Å². The second-order valence-electron chi connectivity index (χ2n) is 5.63. The van der Waals surface area contributed by atoms with Crippen LogP contribution >= 0.6 is 0 Å². The van der Waals surface area contributed by atoms with Crippen molar-refractivity contribution in [1.29, 1.82) is 0 Å². The molecule has 2 aliphatic rings. The van der Waals surface area contributed by atoms with E-state index in [1.807, 2.05) is 13.8 Å². The summed E-state index contributed by atoms with van der Waals surface area (Å²) in [7, 11) is 0. The molecule has 0 bridgehead atoms. The zero-order valence-electron chi connectivity index (χ0n) is 11.8. The van der Waals surface area contributed by atoms with Gasteiger partial charge in [0.2, 0.25) is 0 Å². The molecule has 0 aromatic carbocycles. The van der Waals surface area contributed by atoms with Gasteiger partial charge in [0.15, 0.2) is 0 Å². The van der Waals surface area contributed by atoms with Crippen LogP contribution in [0.2, 0.25) is 0 Å². The van der Waals surface area contributed by atoms with E-state index < -0.39 is 0 Å². The normalized spacial score (nSPS) is 33.6. The molecule has 2 fully saturated rings. The lowest BCUT2D eigenvalue weighted by Crippen LogP contribution is -2.45. The van der Waals surface area contributed by atoms with Crippen molar-refractivity contribution in [3.05, 3.63) is 0 Å². The van der Waals surface area contributed by atoms with Gasteiger partial charge in [-0.2, -0.15) is 0 Å². The molecule has 96 valence electrons. The lowest BCUT2D eigenvalue weighted by molar-refractivity contribution is 0.169. The fourth-order valence-corrected chi connectivity index (χ4v) is 3.35. The van der Waals surface area contributed by atoms with E-state index in [1.165, 1.54) is 39.0 Å². The maximum absolute atomic E-state index is 3.71. The van der Waals surface area contributed by atoms with Gasteiger partial charge in [-0.05, 0) is 43.8 Å². The molecule has 0 radical (unpaired) electrons. The largest absolute Gasteiger partial charge is 0.313 e. The van der Waals surface area contributed by atoms with Gasteiger partial charge < -0.3 is 10.2 Å². The fraction of sp³-hybridized carbons (Fsp3) is 1.00. The summed E-state index contributed by atoms with van der Waals surface area (Å²) in [4.78, 5) is 2.61. The average molecular weight is 226 g/mol. The first-order chi connectivity index (χ1) is 7.63. The molecule has 2 heterocycles. The van der Waals surface area contributed by atoms with Crippen molar-refractivity contribution in [1.82, 2.24) is 10.2 Å². The molecular weight excluding hydrogens is 196 g/mol. The summed E-state index contributed by atoms with van der Waals surface area (Å²) in [6.45, 7) is 16.2. The highest BCUT2D eigenvalue weighted by molar-refractivity contribution is 4.97. The maximum atomic E-state index is 3.71. The zero-order chi connectivity index (χ0) is 12.2. The smallest absolute Gasteiger partial charge is 0.0160 e. The van der Waals surface area contributed by atoms with Crippen LogP contribution in [-0.4, -0.2) is 37.1 Å². The van der Waals surface area contributed by atoms with E-state index in [4.69, 9.17) is 0 Å². The molecule has 2 heteroatoms. The minimum atomic E-state index is 0.452. The lowest BCUT2D eigenvalue weighted by Gasteiger charge is -2.35. The average Bonchev–Trinajstić information content (AvgIpc) is 2.71. The van der Waals surface area contributed by atoms with Crippen LogP contribution in [0.5, 0.6) is 0 Å². The van der Waals surface area contributed by atoms with Crippen molar-refractivity contribution in [2.24, 2.45) is 11.3 Å². The van der Waals surface area contributed by atoms with Crippen LogP contribution in [0.4, 0.5) is 0 Å². The quantitative estimate of drug-likeness (QED) is 0.739. The molecule has 2 atom stereocenters.